The first-order chi connectivity index (χ1) is 13.0. The lowest BCUT2D eigenvalue weighted by molar-refractivity contribution is -0.121. The van der Waals surface area contributed by atoms with Crippen molar-refractivity contribution >= 4 is 16.8 Å². The fraction of sp³-hybridized carbons (Fsp3) is 0.273. The molecule has 0 saturated heterocycles. The number of aromatic amines is 1. The van der Waals surface area contributed by atoms with E-state index >= 15 is 0 Å². The SMILES string of the molecule is COc1ccc(CNC(=O)CCc2cc3ccc(C)c(C)c3[nH]c2=O)cc1. The summed E-state index contributed by atoms with van der Waals surface area (Å²) in [6, 6.07) is 13.5. The third kappa shape index (κ3) is 4.37. The van der Waals surface area contributed by atoms with Crippen molar-refractivity contribution in [1.82, 2.24) is 10.3 Å². The molecule has 27 heavy (non-hydrogen) atoms. The molecule has 1 aromatic heterocycles. The van der Waals surface area contributed by atoms with Crippen molar-refractivity contribution in [1.29, 1.82) is 0 Å². The second kappa shape index (κ2) is 8.08. The van der Waals surface area contributed by atoms with Gasteiger partial charge in [0.15, 0.2) is 0 Å². The number of nitrogens with one attached hydrogen (secondary N) is 2. The molecule has 140 valence electrons. The molecule has 0 saturated carbocycles. The number of amides is 1. The molecule has 5 heteroatoms. The minimum Gasteiger partial charge on any atom is -0.497 e. The van der Waals surface area contributed by atoms with Gasteiger partial charge in [0.05, 0.1) is 12.6 Å². The number of ether oxygens (including phenoxy) is 1. The number of rotatable bonds is 6. The summed E-state index contributed by atoms with van der Waals surface area (Å²) in [6.45, 7) is 4.48. The summed E-state index contributed by atoms with van der Waals surface area (Å²) in [5.41, 5.74) is 4.59. The fourth-order valence-corrected chi connectivity index (χ4v) is 3.04. The van der Waals surface area contributed by atoms with Gasteiger partial charge in [-0.1, -0.05) is 24.3 Å². The van der Waals surface area contributed by atoms with Crippen LogP contribution in [0.2, 0.25) is 0 Å². The molecule has 3 aromatic rings. The van der Waals surface area contributed by atoms with E-state index in [-0.39, 0.29) is 17.9 Å². The average molecular weight is 364 g/mol. The Bertz CT molecular complexity index is 1020. The van der Waals surface area contributed by atoms with Crippen LogP contribution in [-0.2, 0) is 17.8 Å². The van der Waals surface area contributed by atoms with Gasteiger partial charge in [0.2, 0.25) is 5.91 Å². The summed E-state index contributed by atoms with van der Waals surface area (Å²) in [5, 5.41) is 3.88. The van der Waals surface area contributed by atoms with Gasteiger partial charge in [-0.2, -0.15) is 0 Å². The molecule has 2 N–H and O–H groups in total. The summed E-state index contributed by atoms with van der Waals surface area (Å²) >= 11 is 0. The van der Waals surface area contributed by atoms with Crippen LogP contribution in [0.4, 0.5) is 0 Å². The zero-order valence-corrected chi connectivity index (χ0v) is 15.9. The van der Waals surface area contributed by atoms with Crippen molar-refractivity contribution in [2.45, 2.75) is 33.2 Å². The largest absolute Gasteiger partial charge is 0.497 e. The van der Waals surface area contributed by atoms with Crippen LogP contribution in [0.5, 0.6) is 5.75 Å². The minimum absolute atomic E-state index is 0.0783. The molecule has 0 bridgehead atoms. The van der Waals surface area contributed by atoms with Crippen LogP contribution in [0, 0.1) is 13.8 Å². The molecule has 1 heterocycles. The van der Waals surface area contributed by atoms with E-state index in [1.807, 2.05) is 56.3 Å². The van der Waals surface area contributed by atoms with Gasteiger partial charge in [0.1, 0.15) is 5.75 Å². The van der Waals surface area contributed by atoms with E-state index < -0.39 is 0 Å². The Labute approximate surface area is 158 Å². The molecule has 0 unspecified atom stereocenters. The standard InChI is InChI=1S/C22H24N2O3/c1-14-4-7-17-12-18(22(26)24-21(17)15(14)2)8-11-20(25)23-13-16-5-9-19(27-3)10-6-16/h4-7,9-10,12H,8,11,13H2,1-3H3,(H,23,25)(H,24,26). The first-order valence-electron chi connectivity index (χ1n) is 8.99. The Hall–Kier alpha value is -3.08. The van der Waals surface area contributed by atoms with Crippen molar-refractivity contribution in [3.05, 3.63) is 75.1 Å². The molecule has 3 rings (SSSR count). The number of pyridine rings is 1. The number of aromatic nitrogens is 1. The summed E-state index contributed by atoms with van der Waals surface area (Å²) < 4.78 is 5.12. The van der Waals surface area contributed by atoms with E-state index in [9.17, 15) is 9.59 Å². The van der Waals surface area contributed by atoms with E-state index in [2.05, 4.69) is 10.3 Å². The molecule has 0 aliphatic rings. The lowest BCUT2D eigenvalue weighted by atomic mass is 10.0. The molecule has 2 aromatic carbocycles. The summed E-state index contributed by atoms with van der Waals surface area (Å²) in [4.78, 5) is 27.4. The van der Waals surface area contributed by atoms with Crippen molar-refractivity contribution < 1.29 is 9.53 Å². The van der Waals surface area contributed by atoms with E-state index in [1.54, 1.807) is 7.11 Å². The first-order valence-corrected chi connectivity index (χ1v) is 8.99. The highest BCUT2D eigenvalue weighted by molar-refractivity contribution is 5.83. The molecule has 0 fully saturated rings. The first kappa shape index (κ1) is 18.7. The maximum Gasteiger partial charge on any atom is 0.251 e. The number of benzene rings is 2. The zero-order valence-electron chi connectivity index (χ0n) is 15.9. The maximum absolute atomic E-state index is 12.3. The summed E-state index contributed by atoms with van der Waals surface area (Å²) in [7, 11) is 1.62. The van der Waals surface area contributed by atoms with Crippen LogP contribution in [0.1, 0.15) is 28.7 Å². The molecule has 1 amide bonds. The fourth-order valence-electron chi connectivity index (χ4n) is 3.04. The molecule has 5 nitrogen and oxygen atoms in total. The third-order valence-electron chi connectivity index (χ3n) is 4.90. The van der Waals surface area contributed by atoms with E-state index in [0.717, 1.165) is 33.3 Å². The zero-order chi connectivity index (χ0) is 19.4. The van der Waals surface area contributed by atoms with Gasteiger partial charge in [-0.25, -0.2) is 0 Å². The van der Waals surface area contributed by atoms with Crippen molar-refractivity contribution in [3.63, 3.8) is 0 Å². The van der Waals surface area contributed by atoms with Crippen LogP contribution in [0.3, 0.4) is 0 Å². The molecule has 0 aliphatic carbocycles. The predicted octanol–water partition coefficient (Wildman–Crippen LogP) is 3.40. The van der Waals surface area contributed by atoms with Gasteiger partial charge in [-0.15, -0.1) is 0 Å². The number of carbonyl (C=O) groups excluding carboxylic acids is 1. The lowest BCUT2D eigenvalue weighted by Gasteiger charge is -2.09. The predicted molar refractivity (Wildman–Crippen MR) is 107 cm³/mol. The van der Waals surface area contributed by atoms with Gasteiger partial charge in [-0.3, -0.25) is 9.59 Å². The van der Waals surface area contributed by atoms with Crippen LogP contribution in [0.25, 0.3) is 10.9 Å². The van der Waals surface area contributed by atoms with Crippen molar-refractivity contribution in [3.8, 4) is 5.75 Å². The number of aryl methyl sites for hydroxylation is 3. The number of hydrogen-bond donors (Lipinski definition) is 2. The Balaban J connectivity index is 1.62. The Kier molecular flexibility index (Phi) is 5.60. The Morgan fingerprint density at radius 3 is 2.56 bits per heavy atom. The second-order valence-electron chi connectivity index (χ2n) is 6.72. The molecular weight excluding hydrogens is 340 g/mol. The van der Waals surface area contributed by atoms with Gasteiger partial charge in [0.25, 0.3) is 5.56 Å². The molecular formula is C22H24N2O3. The highest BCUT2D eigenvalue weighted by Gasteiger charge is 2.09. The second-order valence-corrected chi connectivity index (χ2v) is 6.72. The van der Waals surface area contributed by atoms with Crippen LogP contribution >= 0.6 is 0 Å². The van der Waals surface area contributed by atoms with Gasteiger partial charge >= 0.3 is 0 Å². The molecule has 0 radical (unpaired) electrons. The topological polar surface area (TPSA) is 71.2 Å². The van der Waals surface area contributed by atoms with Crippen LogP contribution in [-0.4, -0.2) is 18.0 Å². The Morgan fingerprint density at radius 2 is 1.85 bits per heavy atom. The third-order valence-corrected chi connectivity index (χ3v) is 4.90. The maximum atomic E-state index is 12.3. The Morgan fingerprint density at radius 1 is 1.11 bits per heavy atom. The van der Waals surface area contributed by atoms with Gasteiger partial charge < -0.3 is 15.0 Å². The summed E-state index contributed by atoms with van der Waals surface area (Å²) in [6.07, 6.45) is 0.683. The van der Waals surface area contributed by atoms with Gasteiger partial charge in [-0.05, 0) is 60.5 Å². The normalized spacial score (nSPS) is 10.8. The summed E-state index contributed by atoms with van der Waals surface area (Å²) in [5.74, 6) is 0.705. The quantitative estimate of drug-likeness (QED) is 0.704. The lowest BCUT2D eigenvalue weighted by Crippen LogP contribution is -2.24. The average Bonchev–Trinajstić information content (AvgIpc) is 2.68. The van der Waals surface area contributed by atoms with Gasteiger partial charge in [0, 0.05) is 18.5 Å². The smallest absolute Gasteiger partial charge is 0.251 e. The number of fused-ring (bicyclic) bond motifs is 1. The van der Waals surface area contributed by atoms with Crippen molar-refractivity contribution in [2.24, 2.45) is 0 Å². The van der Waals surface area contributed by atoms with E-state index in [4.69, 9.17) is 4.74 Å². The number of carbonyl (C=O) groups is 1. The number of hydrogen-bond acceptors (Lipinski definition) is 3. The highest BCUT2D eigenvalue weighted by Crippen LogP contribution is 2.19. The highest BCUT2D eigenvalue weighted by atomic mass is 16.5. The van der Waals surface area contributed by atoms with E-state index in [1.165, 1.54) is 0 Å². The van der Waals surface area contributed by atoms with Crippen LogP contribution < -0.4 is 15.6 Å². The minimum atomic E-state index is -0.126. The molecule has 0 atom stereocenters. The molecule has 0 aliphatic heterocycles. The number of H-pyrrole nitrogens is 1. The number of methoxy groups -OCH3 is 1. The van der Waals surface area contributed by atoms with Crippen LogP contribution in [0.15, 0.2) is 47.3 Å². The molecule has 0 spiro atoms. The monoisotopic (exact) mass is 364 g/mol. The van der Waals surface area contributed by atoms with Crippen molar-refractivity contribution in [2.75, 3.05) is 7.11 Å². The van der Waals surface area contributed by atoms with E-state index in [0.29, 0.717) is 18.5 Å².